The number of hydrogen-bond donors (Lipinski definition) is 1. The van der Waals surface area contributed by atoms with Crippen LogP contribution in [-0.2, 0) is 10.3 Å². The number of fused-ring (bicyclic) bond motifs is 1. The summed E-state index contributed by atoms with van der Waals surface area (Å²) < 4.78 is 2.81. The lowest BCUT2D eigenvalue weighted by molar-refractivity contribution is -0.126. The molecule has 1 N–H and O–H groups in total. The van der Waals surface area contributed by atoms with Gasteiger partial charge in [0.25, 0.3) is 5.56 Å². The van der Waals surface area contributed by atoms with Crippen LogP contribution in [-0.4, -0.2) is 36.6 Å². The van der Waals surface area contributed by atoms with Crippen LogP contribution < -0.4 is 16.6 Å². The van der Waals surface area contributed by atoms with E-state index in [2.05, 4.69) is 15.5 Å². The van der Waals surface area contributed by atoms with E-state index < -0.39 is 22.8 Å². The zero-order valence-electron chi connectivity index (χ0n) is 22.3. The summed E-state index contributed by atoms with van der Waals surface area (Å²) in [6.45, 7) is 7.88. The Morgan fingerprint density at radius 3 is 2.00 bits per heavy atom. The molecule has 3 aromatic heterocycles. The summed E-state index contributed by atoms with van der Waals surface area (Å²) in [6.07, 6.45) is 3.47. The maximum Gasteiger partial charge on any atom is 0.333 e. The summed E-state index contributed by atoms with van der Waals surface area (Å²) in [5.41, 5.74) is 0.103. The smallest absolute Gasteiger partial charge is 0.333 e. The Labute approximate surface area is 229 Å². The number of amides is 1. The Morgan fingerprint density at radius 1 is 0.923 bits per heavy atom. The quantitative estimate of drug-likeness (QED) is 0.361. The van der Waals surface area contributed by atoms with Crippen LogP contribution >= 0.6 is 11.3 Å². The van der Waals surface area contributed by atoms with Crippen LogP contribution in [0.5, 0.6) is 0 Å². The summed E-state index contributed by atoms with van der Waals surface area (Å²) >= 11 is 1.29. The minimum Gasteiger partial charge on any atom is -0.354 e. The normalized spacial score (nSPS) is 16.8. The van der Waals surface area contributed by atoms with Gasteiger partial charge in [-0.05, 0) is 31.4 Å². The molecule has 5 aromatic rings. The summed E-state index contributed by atoms with van der Waals surface area (Å²) in [4.78, 5) is 43.5. The van der Waals surface area contributed by atoms with Crippen molar-refractivity contribution in [2.24, 2.45) is 0 Å². The molecule has 0 aliphatic carbocycles. The van der Waals surface area contributed by atoms with Gasteiger partial charge in [0.15, 0.2) is 0 Å². The lowest BCUT2D eigenvalue weighted by Crippen LogP contribution is -2.54. The predicted octanol–water partition coefficient (Wildman–Crippen LogP) is 4.01. The van der Waals surface area contributed by atoms with Gasteiger partial charge < -0.3 is 5.32 Å². The fourth-order valence-corrected chi connectivity index (χ4v) is 6.41. The number of hydrogen-bond acceptors (Lipinski definition) is 6. The molecule has 0 bridgehead atoms. The van der Waals surface area contributed by atoms with Gasteiger partial charge in [0, 0.05) is 12.1 Å². The van der Waals surface area contributed by atoms with Crippen molar-refractivity contribution in [1.29, 1.82) is 0 Å². The summed E-state index contributed by atoms with van der Waals surface area (Å²) in [6, 6.07) is 18.9. The van der Waals surface area contributed by atoms with Gasteiger partial charge in [-0.25, -0.2) is 9.36 Å². The molecule has 1 fully saturated rings. The maximum absolute atomic E-state index is 14.5. The number of rotatable bonds is 5. The molecule has 0 saturated carbocycles. The molecule has 10 heteroatoms. The molecule has 1 amide bonds. The third kappa shape index (κ3) is 4.21. The highest BCUT2D eigenvalue weighted by Gasteiger charge is 2.43. The van der Waals surface area contributed by atoms with Crippen LogP contribution in [0.1, 0.15) is 49.9 Å². The first-order valence-electron chi connectivity index (χ1n) is 13.0. The molecular formula is C29H30N6O3S. The number of thiophene rings is 1. The number of aromatic nitrogens is 5. The van der Waals surface area contributed by atoms with E-state index in [-0.39, 0.29) is 5.91 Å². The molecule has 1 atom stereocenters. The van der Waals surface area contributed by atoms with Gasteiger partial charge in [0.05, 0.1) is 23.8 Å². The fourth-order valence-electron chi connectivity index (χ4n) is 5.17. The van der Waals surface area contributed by atoms with E-state index in [9.17, 15) is 14.4 Å². The van der Waals surface area contributed by atoms with Crippen LogP contribution in [0.3, 0.4) is 0 Å². The van der Waals surface area contributed by atoms with Crippen molar-refractivity contribution in [3.8, 4) is 5.00 Å². The Morgan fingerprint density at radius 2 is 1.49 bits per heavy atom. The summed E-state index contributed by atoms with van der Waals surface area (Å²) in [7, 11) is 0. The second kappa shape index (κ2) is 10.5. The minimum atomic E-state index is -1.31. The first-order chi connectivity index (χ1) is 18.9. The first kappa shape index (κ1) is 26.3. The zero-order valence-corrected chi connectivity index (χ0v) is 23.1. The molecule has 0 spiro atoms. The lowest BCUT2D eigenvalue weighted by atomic mass is 9.97. The van der Waals surface area contributed by atoms with Gasteiger partial charge in [-0.3, -0.25) is 14.2 Å². The van der Waals surface area contributed by atoms with E-state index in [0.29, 0.717) is 33.7 Å². The van der Waals surface area contributed by atoms with Gasteiger partial charge in [-0.1, -0.05) is 85.8 Å². The van der Waals surface area contributed by atoms with Crippen LogP contribution in [0.2, 0.25) is 0 Å². The molecule has 1 aliphatic rings. The second-order valence-corrected chi connectivity index (χ2v) is 10.3. The minimum absolute atomic E-state index is 0.338. The standard InChI is InChI=1S/C27H24N6O3S.C2H6/c1-17-20-22(34)32(27(2)13-14-28-25(27)35)26(36)31(24(20)37-23(17)33-29-15-16-30-33)21(18-9-5-3-6-10-18)19-11-7-4-8-12-19;1-2/h3-12,15-16,21H,13-14H2,1-2H3,(H,28,35);1-2H3. The van der Waals surface area contributed by atoms with Crippen molar-refractivity contribution in [1.82, 2.24) is 29.4 Å². The molecule has 0 radical (unpaired) electrons. The third-order valence-electron chi connectivity index (χ3n) is 7.11. The molecule has 9 nitrogen and oxygen atoms in total. The van der Waals surface area contributed by atoms with E-state index in [0.717, 1.165) is 15.7 Å². The highest BCUT2D eigenvalue weighted by atomic mass is 32.1. The Kier molecular flexibility index (Phi) is 7.05. The maximum atomic E-state index is 14.5. The third-order valence-corrected chi connectivity index (χ3v) is 8.36. The number of nitrogens with zero attached hydrogens (tertiary/aromatic N) is 5. The Balaban J connectivity index is 0.00000151. The van der Waals surface area contributed by atoms with Crippen molar-refractivity contribution in [2.45, 2.75) is 45.7 Å². The number of benzene rings is 2. The monoisotopic (exact) mass is 542 g/mol. The molecule has 39 heavy (non-hydrogen) atoms. The molecule has 6 rings (SSSR count). The lowest BCUT2D eigenvalue weighted by Gasteiger charge is -2.27. The SMILES string of the molecule is CC.Cc1c(-n2nccn2)sc2c1c(=O)n(C1(C)CCNC1=O)c(=O)n2C(c1ccccc1)c1ccccc1. The van der Waals surface area contributed by atoms with Crippen molar-refractivity contribution in [3.63, 3.8) is 0 Å². The van der Waals surface area contributed by atoms with Crippen LogP contribution in [0.25, 0.3) is 15.2 Å². The molecule has 1 unspecified atom stereocenters. The molecule has 1 aliphatic heterocycles. The molecular weight excluding hydrogens is 512 g/mol. The first-order valence-corrected chi connectivity index (χ1v) is 13.8. The fraction of sp³-hybridized carbons (Fsp3) is 0.276. The Hall–Kier alpha value is -4.31. The van der Waals surface area contributed by atoms with Crippen LogP contribution in [0.15, 0.2) is 82.6 Å². The number of carbonyl (C=O) groups excluding carboxylic acids is 1. The highest BCUT2D eigenvalue weighted by Crippen LogP contribution is 2.36. The van der Waals surface area contributed by atoms with E-state index in [1.165, 1.54) is 16.1 Å². The second-order valence-electron chi connectivity index (χ2n) is 9.33. The van der Waals surface area contributed by atoms with Gasteiger partial charge >= 0.3 is 5.69 Å². The van der Waals surface area contributed by atoms with E-state index in [1.807, 2.05) is 81.4 Å². The molecule has 2 aromatic carbocycles. The van der Waals surface area contributed by atoms with Gasteiger partial charge in [-0.15, -0.1) is 4.80 Å². The number of nitrogens with one attached hydrogen (secondary N) is 1. The van der Waals surface area contributed by atoms with Crippen molar-refractivity contribution in [2.75, 3.05) is 6.54 Å². The largest absolute Gasteiger partial charge is 0.354 e. The topological polar surface area (TPSA) is 104 Å². The predicted molar refractivity (Wildman–Crippen MR) is 153 cm³/mol. The number of carbonyl (C=O) groups is 1. The van der Waals surface area contributed by atoms with E-state index in [1.54, 1.807) is 23.9 Å². The summed E-state index contributed by atoms with van der Waals surface area (Å²) in [5.74, 6) is -0.338. The van der Waals surface area contributed by atoms with Crippen LogP contribution in [0, 0.1) is 6.92 Å². The average molecular weight is 543 g/mol. The van der Waals surface area contributed by atoms with Gasteiger partial charge in [-0.2, -0.15) is 10.2 Å². The van der Waals surface area contributed by atoms with Crippen molar-refractivity contribution >= 4 is 27.5 Å². The van der Waals surface area contributed by atoms with E-state index >= 15 is 0 Å². The average Bonchev–Trinajstić information content (AvgIpc) is 3.69. The summed E-state index contributed by atoms with van der Waals surface area (Å²) in [5, 5.41) is 12.4. The van der Waals surface area contributed by atoms with Crippen LogP contribution in [0.4, 0.5) is 0 Å². The molecule has 200 valence electrons. The highest BCUT2D eigenvalue weighted by molar-refractivity contribution is 7.21. The van der Waals surface area contributed by atoms with Gasteiger partial charge in [0.2, 0.25) is 5.91 Å². The zero-order chi connectivity index (χ0) is 27.7. The van der Waals surface area contributed by atoms with Crippen molar-refractivity contribution < 1.29 is 4.79 Å². The molecule has 1 saturated heterocycles. The molecule has 4 heterocycles. The number of aryl methyl sites for hydroxylation is 1. The van der Waals surface area contributed by atoms with Crippen molar-refractivity contribution in [3.05, 3.63) is 111 Å². The Bertz CT molecular complexity index is 1700. The van der Waals surface area contributed by atoms with E-state index in [4.69, 9.17) is 0 Å². The van der Waals surface area contributed by atoms with Gasteiger partial charge in [0.1, 0.15) is 15.4 Å².